The van der Waals surface area contributed by atoms with Gasteiger partial charge in [-0.1, -0.05) is 48.5 Å². The second-order valence-electron chi connectivity index (χ2n) is 6.99. The Hall–Kier alpha value is -4.39. The summed E-state index contributed by atoms with van der Waals surface area (Å²) in [7, 11) is 0. The van der Waals surface area contributed by atoms with Gasteiger partial charge in [0.2, 0.25) is 0 Å². The summed E-state index contributed by atoms with van der Waals surface area (Å²) in [5.74, 6) is -0.674. The maximum atomic E-state index is 13.2. The Morgan fingerprint density at radius 1 is 1.06 bits per heavy atom. The first-order valence-electron chi connectivity index (χ1n) is 9.72. The van der Waals surface area contributed by atoms with Crippen LogP contribution in [-0.2, 0) is 0 Å². The number of pyridine rings is 1. The predicted molar refractivity (Wildman–Crippen MR) is 119 cm³/mol. The average molecular weight is 428 g/mol. The maximum absolute atomic E-state index is 13.2. The van der Waals surface area contributed by atoms with Crippen molar-refractivity contribution in [1.29, 1.82) is 0 Å². The molecule has 0 aliphatic heterocycles. The molecule has 0 radical (unpaired) electrons. The van der Waals surface area contributed by atoms with Crippen LogP contribution in [0.2, 0.25) is 0 Å². The Balaban J connectivity index is 1.92. The van der Waals surface area contributed by atoms with Gasteiger partial charge in [0.25, 0.3) is 0 Å². The van der Waals surface area contributed by atoms with Gasteiger partial charge in [0.15, 0.2) is 5.78 Å². The van der Waals surface area contributed by atoms with E-state index in [2.05, 4.69) is 4.98 Å². The van der Waals surface area contributed by atoms with Gasteiger partial charge in [-0.25, -0.2) is 9.37 Å². The molecule has 0 N–H and O–H groups in total. The first-order chi connectivity index (χ1) is 15.5. The second-order valence-corrected chi connectivity index (χ2v) is 6.99. The van der Waals surface area contributed by atoms with E-state index in [-0.39, 0.29) is 34.1 Å². The van der Waals surface area contributed by atoms with Crippen LogP contribution in [0.4, 0.5) is 10.1 Å². The fraction of sp³-hybridized carbons (Fsp3) is 0.0400. The van der Waals surface area contributed by atoms with Gasteiger partial charge in [-0.05, 0) is 42.8 Å². The first kappa shape index (κ1) is 20.9. The third kappa shape index (κ3) is 4.09. The van der Waals surface area contributed by atoms with Gasteiger partial charge in [-0.3, -0.25) is 14.9 Å². The molecule has 32 heavy (non-hydrogen) atoms. The smallest absolute Gasteiger partial charge is 0.307 e. The summed E-state index contributed by atoms with van der Waals surface area (Å²) < 4.78 is 18.6. The molecule has 6 nitrogen and oxygen atoms in total. The van der Waals surface area contributed by atoms with E-state index < -0.39 is 10.7 Å². The normalized spacial score (nSPS) is 11.1. The topological polar surface area (TPSA) is 86.2 Å². The first-order valence-corrected chi connectivity index (χ1v) is 9.72. The second kappa shape index (κ2) is 8.77. The molecular formula is C25H17FN2O4. The number of benzene rings is 2. The molecule has 2 aromatic carbocycles. The van der Waals surface area contributed by atoms with Crippen molar-refractivity contribution in [1.82, 2.24) is 4.98 Å². The zero-order valence-electron chi connectivity index (χ0n) is 17.0. The van der Waals surface area contributed by atoms with Gasteiger partial charge >= 0.3 is 5.69 Å². The Morgan fingerprint density at radius 3 is 2.41 bits per heavy atom. The van der Waals surface area contributed by atoms with Crippen molar-refractivity contribution in [3.05, 3.63) is 112 Å². The van der Waals surface area contributed by atoms with Crippen molar-refractivity contribution >= 4 is 17.5 Å². The van der Waals surface area contributed by atoms with E-state index in [1.807, 2.05) is 0 Å². The molecule has 0 atom stereocenters. The average Bonchev–Trinajstić information content (AvgIpc) is 3.33. The lowest BCUT2D eigenvalue weighted by molar-refractivity contribution is -0.383. The molecule has 0 amide bonds. The number of nitrogens with zero attached hydrogens (tertiary/aromatic N) is 2. The van der Waals surface area contributed by atoms with Crippen molar-refractivity contribution in [3.63, 3.8) is 0 Å². The lowest BCUT2D eigenvalue weighted by atomic mass is 9.95. The minimum Gasteiger partial charge on any atom is -0.464 e. The number of aromatic nitrogens is 1. The molecule has 0 fully saturated rings. The highest BCUT2D eigenvalue weighted by Crippen LogP contribution is 2.41. The number of carbonyl (C=O) groups excluding carboxylic acids is 1. The molecule has 0 bridgehead atoms. The third-order valence-corrected chi connectivity index (χ3v) is 4.89. The largest absolute Gasteiger partial charge is 0.464 e. The lowest BCUT2D eigenvalue weighted by Crippen LogP contribution is -2.09. The molecule has 4 aromatic rings. The molecule has 2 aromatic heterocycles. The fourth-order valence-corrected chi connectivity index (χ4v) is 3.46. The number of nitro groups is 1. The summed E-state index contributed by atoms with van der Waals surface area (Å²) in [6.07, 6.45) is 4.19. The maximum Gasteiger partial charge on any atom is 0.307 e. The van der Waals surface area contributed by atoms with Crippen LogP contribution >= 0.6 is 0 Å². The number of rotatable bonds is 6. The number of halogens is 1. The van der Waals surface area contributed by atoms with E-state index in [0.29, 0.717) is 16.8 Å². The van der Waals surface area contributed by atoms with Crippen LogP contribution in [0.3, 0.4) is 0 Å². The van der Waals surface area contributed by atoms with Crippen LogP contribution in [0, 0.1) is 22.9 Å². The van der Waals surface area contributed by atoms with E-state index in [1.165, 1.54) is 42.7 Å². The minimum atomic E-state index is -0.549. The van der Waals surface area contributed by atoms with Crippen LogP contribution in [0.5, 0.6) is 0 Å². The minimum absolute atomic E-state index is 0.0695. The zero-order valence-corrected chi connectivity index (χ0v) is 17.0. The molecule has 158 valence electrons. The molecule has 2 heterocycles. The van der Waals surface area contributed by atoms with Crippen molar-refractivity contribution < 1.29 is 18.5 Å². The van der Waals surface area contributed by atoms with Gasteiger partial charge in [0.1, 0.15) is 22.8 Å². The number of carbonyl (C=O) groups is 1. The van der Waals surface area contributed by atoms with Gasteiger partial charge in [0, 0.05) is 5.56 Å². The molecule has 0 saturated carbocycles. The monoisotopic (exact) mass is 428 g/mol. The van der Waals surface area contributed by atoms with Gasteiger partial charge in [-0.2, -0.15) is 0 Å². The molecule has 4 rings (SSSR count). The predicted octanol–water partition coefficient (Wildman–Crippen LogP) is 6.26. The number of hydrogen-bond acceptors (Lipinski definition) is 5. The molecule has 0 aliphatic carbocycles. The Kier molecular flexibility index (Phi) is 5.72. The summed E-state index contributed by atoms with van der Waals surface area (Å²) in [6.45, 7) is 1.63. The van der Waals surface area contributed by atoms with E-state index in [4.69, 9.17) is 4.42 Å². The Morgan fingerprint density at radius 2 is 1.78 bits per heavy atom. The quantitative estimate of drug-likeness (QED) is 0.157. The molecule has 0 saturated heterocycles. The molecule has 0 unspecified atom stereocenters. The van der Waals surface area contributed by atoms with E-state index in [9.17, 15) is 19.3 Å². The summed E-state index contributed by atoms with van der Waals surface area (Å²) in [4.78, 5) is 29.2. The van der Waals surface area contributed by atoms with Crippen LogP contribution < -0.4 is 0 Å². The molecule has 7 heteroatoms. The summed E-state index contributed by atoms with van der Waals surface area (Å²) >= 11 is 0. The fourth-order valence-electron chi connectivity index (χ4n) is 3.46. The Bertz CT molecular complexity index is 1310. The zero-order chi connectivity index (χ0) is 22.7. The van der Waals surface area contributed by atoms with Crippen molar-refractivity contribution in [3.8, 4) is 22.6 Å². The standard InChI is InChI=1S/C25H17FN2O4/c1-16-22(20(29)14-11-17-9-12-19(26)13-10-17)23(21-8-5-15-32-21)25(28(30)31)24(27-16)18-6-3-2-4-7-18/h2-15H,1H3. The van der Waals surface area contributed by atoms with Crippen molar-refractivity contribution in [2.24, 2.45) is 0 Å². The van der Waals surface area contributed by atoms with Gasteiger partial charge < -0.3 is 4.42 Å². The molecular weight excluding hydrogens is 411 g/mol. The van der Waals surface area contributed by atoms with Crippen molar-refractivity contribution in [2.75, 3.05) is 0 Å². The lowest BCUT2D eigenvalue weighted by Gasteiger charge is -2.13. The van der Waals surface area contributed by atoms with Crippen LogP contribution in [0.15, 0.2) is 83.5 Å². The molecule has 0 aliphatic rings. The number of ketones is 1. The highest BCUT2D eigenvalue weighted by molar-refractivity contribution is 6.13. The van der Waals surface area contributed by atoms with Crippen molar-refractivity contribution in [2.45, 2.75) is 6.92 Å². The van der Waals surface area contributed by atoms with E-state index in [0.717, 1.165) is 0 Å². The highest BCUT2D eigenvalue weighted by atomic mass is 19.1. The summed E-state index contributed by atoms with van der Waals surface area (Å²) in [6, 6.07) is 17.5. The number of allylic oxidation sites excluding steroid dienone is 1. The Labute approximate surface area is 182 Å². The van der Waals surface area contributed by atoms with Gasteiger partial charge in [-0.15, -0.1) is 0 Å². The summed E-state index contributed by atoms with van der Waals surface area (Å²) in [5.41, 5.74) is 1.48. The number of furan rings is 1. The SMILES string of the molecule is Cc1nc(-c2ccccc2)c([N+](=O)[O-])c(-c2ccco2)c1C(=O)C=Cc1ccc(F)cc1. The third-order valence-electron chi connectivity index (χ3n) is 4.89. The van der Waals surface area contributed by atoms with Crippen LogP contribution in [-0.4, -0.2) is 15.7 Å². The molecule has 0 spiro atoms. The summed E-state index contributed by atoms with van der Waals surface area (Å²) in [5, 5.41) is 12.2. The van der Waals surface area contributed by atoms with Gasteiger partial charge in [0.05, 0.1) is 22.4 Å². The number of aryl methyl sites for hydroxylation is 1. The van der Waals surface area contributed by atoms with Crippen LogP contribution in [0.25, 0.3) is 28.7 Å². The highest BCUT2D eigenvalue weighted by Gasteiger charge is 2.32. The van der Waals surface area contributed by atoms with E-state index >= 15 is 0 Å². The van der Waals surface area contributed by atoms with E-state index in [1.54, 1.807) is 49.4 Å². The number of hydrogen-bond donors (Lipinski definition) is 0. The van der Waals surface area contributed by atoms with Crippen LogP contribution in [0.1, 0.15) is 21.6 Å².